The van der Waals surface area contributed by atoms with E-state index >= 15 is 0 Å². The Hall–Kier alpha value is -2.44. The lowest BCUT2D eigenvalue weighted by Crippen LogP contribution is -2.58. The summed E-state index contributed by atoms with van der Waals surface area (Å²) in [5.41, 5.74) is -5.73. The number of rotatable bonds is 9. The summed E-state index contributed by atoms with van der Waals surface area (Å²) in [5.74, 6) is -8.58. The quantitative estimate of drug-likeness (QED) is 0.237. The molecule has 2 aromatic rings. The second-order valence-electron chi connectivity index (χ2n) is 11.9. The minimum Gasteiger partial charge on any atom is -0.394 e. The third-order valence-electron chi connectivity index (χ3n) is 7.76. The first-order valence-corrected chi connectivity index (χ1v) is 14.7. The summed E-state index contributed by atoms with van der Waals surface area (Å²) in [6.07, 6.45) is -6.14. The molecular formula is C27H34F6N4O6S. The van der Waals surface area contributed by atoms with E-state index in [0.717, 1.165) is 15.8 Å². The second-order valence-corrected chi connectivity index (χ2v) is 13.1. The van der Waals surface area contributed by atoms with Crippen molar-refractivity contribution in [2.24, 2.45) is 0 Å². The standard InChI is InChI=1S/C27H34F6N4O6S/c1-25(2,31)12-36(3)23(41)22(26(42)4-6-27(32,33)7-5-26)44-24-21(40)19(20(39)17(11-38)43-24)37-10-16(34-35-37)13-8-14(28)18(30)15(29)9-13/h8-10,17,19-22,24,38-40,42H,4-7,11-12H2,1-3H3/t17-,19+,20+,21-,22-,24+/m1/s1. The summed E-state index contributed by atoms with van der Waals surface area (Å²) in [4.78, 5) is 14.6. The van der Waals surface area contributed by atoms with Gasteiger partial charge in [0.25, 0.3) is 0 Å². The van der Waals surface area contributed by atoms with Crippen LogP contribution in [0.3, 0.4) is 0 Å². The van der Waals surface area contributed by atoms with Gasteiger partial charge >= 0.3 is 0 Å². The lowest BCUT2D eigenvalue weighted by atomic mass is 9.80. The maximum Gasteiger partial charge on any atom is 0.248 e. The highest BCUT2D eigenvalue weighted by atomic mass is 32.2. The van der Waals surface area contributed by atoms with Crippen molar-refractivity contribution >= 4 is 17.7 Å². The van der Waals surface area contributed by atoms with Crippen LogP contribution in [0.2, 0.25) is 0 Å². The van der Waals surface area contributed by atoms with Gasteiger partial charge < -0.3 is 30.1 Å². The minimum absolute atomic E-state index is 0.167. The first-order chi connectivity index (χ1) is 20.4. The largest absolute Gasteiger partial charge is 0.394 e. The molecule has 4 rings (SSSR count). The van der Waals surface area contributed by atoms with Gasteiger partial charge in [-0.25, -0.2) is 31.0 Å². The van der Waals surface area contributed by atoms with Gasteiger partial charge in [0, 0.05) is 25.5 Å². The van der Waals surface area contributed by atoms with Crippen LogP contribution >= 0.6 is 11.8 Å². The smallest absolute Gasteiger partial charge is 0.248 e. The Morgan fingerprint density at radius 1 is 1.16 bits per heavy atom. The molecule has 6 atom stereocenters. The molecule has 1 amide bonds. The van der Waals surface area contributed by atoms with Gasteiger partial charge in [0.05, 0.1) is 24.9 Å². The molecule has 10 nitrogen and oxygen atoms in total. The van der Waals surface area contributed by atoms with Crippen LogP contribution in [0.15, 0.2) is 18.3 Å². The Kier molecular flexibility index (Phi) is 9.98. The first kappa shape index (κ1) is 34.4. The highest BCUT2D eigenvalue weighted by Gasteiger charge is 2.54. The Morgan fingerprint density at radius 3 is 2.30 bits per heavy atom. The molecule has 246 valence electrons. The topological polar surface area (TPSA) is 141 Å². The molecule has 1 aromatic heterocycles. The van der Waals surface area contributed by atoms with E-state index in [1.165, 1.54) is 20.9 Å². The third kappa shape index (κ3) is 7.33. The van der Waals surface area contributed by atoms with Crippen molar-refractivity contribution in [3.8, 4) is 11.3 Å². The number of amides is 1. The average molecular weight is 657 g/mol. The number of alkyl halides is 3. The molecule has 17 heteroatoms. The van der Waals surface area contributed by atoms with Crippen LogP contribution < -0.4 is 0 Å². The van der Waals surface area contributed by atoms with Crippen molar-refractivity contribution in [3.63, 3.8) is 0 Å². The summed E-state index contributed by atoms with van der Waals surface area (Å²) in [6, 6.07) is -0.115. The van der Waals surface area contributed by atoms with Crippen LogP contribution in [0.1, 0.15) is 45.6 Å². The molecule has 1 aliphatic carbocycles. The molecule has 2 fully saturated rings. The molecule has 0 spiro atoms. The average Bonchev–Trinajstić information content (AvgIpc) is 3.41. The predicted octanol–water partition coefficient (Wildman–Crippen LogP) is 2.59. The number of aliphatic hydroxyl groups is 4. The predicted molar refractivity (Wildman–Crippen MR) is 145 cm³/mol. The summed E-state index contributed by atoms with van der Waals surface area (Å²) < 4.78 is 90.2. The fraction of sp³-hybridized carbons (Fsp3) is 0.667. The van der Waals surface area contributed by atoms with Crippen LogP contribution in [0, 0.1) is 17.5 Å². The number of nitrogens with zero attached hydrogens (tertiary/aromatic N) is 4. The van der Waals surface area contributed by atoms with Gasteiger partial charge in [-0.2, -0.15) is 0 Å². The van der Waals surface area contributed by atoms with E-state index in [9.17, 15) is 51.6 Å². The van der Waals surface area contributed by atoms with Gasteiger partial charge in [0.1, 0.15) is 46.4 Å². The van der Waals surface area contributed by atoms with E-state index in [0.29, 0.717) is 23.9 Å². The molecule has 1 saturated carbocycles. The van der Waals surface area contributed by atoms with Crippen molar-refractivity contribution in [1.29, 1.82) is 0 Å². The highest BCUT2D eigenvalue weighted by molar-refractivity contribution is 8.01. The van der Waals surface area contributed by atoms with Crippen molar-refractivity contribution < 1.29 is 56.3 Å². The van der Waals surface area contributed by atoms with Gasteiger partial charge in [0.2, 0.25) is 11.8 Å². The molecular weight excluding hydrogens is 622 g/mol. The van der Waals surface area contributed by atoms with Crippen molar-refractivity contribution in [3.05, 3.63) is 35.8 Å². The maximum atomic E-state index is 14.4. The first-order valence-electron chi connectivity index (χ1n) is 13.7. The van der Waals surface area contributed by atoms with Crippen LogP contribution in [0.5, 0.6) is 0 Å². The Bertz CT molecular complexity index is 1310. The van der Waals surface area contributed by atoms with Gasteiger partial charge in [0.15, 0.2) is 17.5 Å². The lowest BCUT2D eigenvalue weighted by Gasteiger charge is -2.46. The van der Waals surface area contributed by atoms with E-state index < -0.39 is 114 Å². The van der Waals surface area contributed by atoms with Crippen LogP contribution in [-0.2, 0) is 9.53 Å². The summed E-state index contributed by atoms with van der Waals surface area (Å²) >= 11 is 0.565. The molecule has 4 N–H and O–H groups in total. The number of ether oxygens (including phenoxy) is 1. The fourth-order valence-electron chi connectivity index (χ4n) is 5.45. The van der Waals surface area contributed by atoms with Crippen LogP contribution in [0.4, 0.5) is 26.3 Å². The van der Waals surface area contributed by atoms with Gasteiger partial charge in [-0.1, -0.05) is 5.21 Å². The summed E-state index contributed by atoms with van der Waals surface area (Å²) in [6.45, 7) is 1.25. The zero-order valence-corrected chi connectivity index (χ0v) is 24.8. The number of hydrogen-bond donors (Lipinski definition) is 4. The second kappa shape index (κ2) is 12.7. The zero-order valence-electron chi connectivity index (χ0n) is 24.0. The Labute approximate surface area is 253 Å². The number of aliphatic hydroxyl groups excluding tert-OH is 3. The molecule has 0 bridgehead atoms. The number of benzene rings is 1. The van der Waals surface area contributed by atoms with Crippen molar-refractivity contribution in [2.45, 2.75) is 91.8 Å². The van der Waals surface area contributed by atoms with E-state index in [-0.39, 0.29) is 11.3 Å². The van der Waals surface area contributed by atoms with E-state index in [4.69, 9.17) is 4.74 Å². The van der Waals surface area contributed by atoms with Gasteiger partial charge in [-0.05, 0) is 38.8 Å². The summed E-state index contributed by atoms with van der Waals surface area (Å²) in [7, 11) is 1.28. The molecule has 2 aliphatic rings. The number of carbonyl (C=O) groups is 1. The van der Waals surface area contributed by atoms with Crippen LogP contribution in [-0.4, -0.2) is 113 Å². The maximum absolute atomic E-state index is 14.4. The SMILES string of the molecule is CN(CC(C)(C)F)C(=O)[C@@H](S[C@@H]1O[C@H](CO)[C@H](O)[C@H](n2cc(-c3cc(F)c(F)c(F)c3)nn2)[C@H]1O)C1(O)CCC(F)(F)CC1. The van der Waals surface area contributed by atoms with E-state index in [1.54, 1.807) is 0 Å². The third-order valence-corrected chi connectivity index (χ3v) is 9.33. The van der Waals surface area contributed by atoms with E-state index in [1.807, 2.05) is 0 Å². The Balaban J connectivity index is 1.66. The number of halogens is 6. The lowest BCUT2D eigenvalue weighted by molar-refractivity contribution is -0.179. The van der Waals surface area contributed by atoms with Gasteiger partial charge in [-0.15, -0.1) is 16.9 Å². The molecule has 44 heavy (non-hydrogen) atoms. The van der Waals surface area contributed by atoms with Crippen molar-refractivity contribution in [2.75, 3.05) is 20.2 Å². The monoisotopic (exact) mass is 656 g/mol. The molecule has 1 aromatic carbocycles. The molecule has 0 unspecified atom stereocenters. The van der Waals surface area contributed by atoms with Crippen molar-refractivity contribution in [1.82, 2.24) is 19.9 Å². The van der Waals surface area contributed by atoms with Gasteiger partial charge in [-0.3, -0.25) is 4.79 Å². The number of thioether (sulfide) groups is 1. The number of hydrogen-bond acceptors (Lipinski definition) is 9. The number of aromatic nitrogens is 3. The number of carbonyl (C=O) groups excluding carboxylic acids is 1. The molecule has 1 aliphatic heterocycles. The highest BCUT2D eigenvalue weighted by Crippen LogP contribution is 2.46. The summed E-state index contributed by atoms with van der Waals surface area (Å²) in [5, 5.41) is 49.8. The normalized spacial score (nSPS) is 27.6. The Morgan fingerprint density at radius 2 is 1.75 bits per heavy atom. The van der Waals surface area contributed by atoms with E-state index in [2.05, 4.69) is 10.3 Å². The molecule has 1 saturated heterocycles. The minimum atomic E-state index is -3.07. The molecule has 2 heterocycles. The fourth-order valence-corrected chi connectivity index (χ4v) is 7.04. The van der Waals surface area contributed by atoms with Crippen LogP contribution in [0.25, 0.3) is 11.3 Å². The molecule has 0 radical (unpaired) electrons. The zero-order chi connectivity index (χ0) is 32.8.